The zero-order chi connectivity index (χ0) is 17.5. The van der Waals surface area contributed by atoms with Gasteiger partial charge in [-0.3, -0.25) is 4.79 Å². The SMILES string of the molecule is Cc1ccc(NCCCNC2CCN(C(=O)C3CCCO3)CC2)nc1. The van der Waals surface area contributed by atoms with Gasteiger partial charge in [-0.2, -0.15) is 0 Å². The van der Waals surface area contributed by atoms with Crippen molar-refractivity contribution < 1.29 is 9.53 Å². The minimum atomic E-state index is -0.175. The summed E-state index contributed by atoms with van der Waals surface area (Å²) in [6.45, 7) is 6.38. The maximum absolute atomic E-state index is 12.3. The van der Waals surface area contributed by atoms with Crippen molar-refractivity contribution in [2.24, 2.45) is 0 Å². The van der Waals surface area contributed by atoms with Crippen molar-refractivity contribution in [1.29, 1.82) is 0 Å². The summed E-state index contributed by atoms with van der Waals surface area (Å²) in [5.74, 6) is 1.14. The van der Waals surface area contributed by atoms with E-state index in [0.717, 1.165) is 70.7 Å². The van der Waals surface area contributed by atoms with Gasteiger partial charge in [0.05, 0.1) is 0 Å². The number of hydrogen-bond acceptors (Lipinski definition) is 5. The molecule has 1 amide bonds. The number of piperidine rings is 1. The van der Waals surface area contributed by atoms with E-state index in [1.54, 1.807) is 0 Å². The molecule has 138 valence electrons. The largest absolute Gasteiger partial charge is 0.370 e. The van der Waals surface area contributed by atoms with Crippen LogP contribution in [0.25, 0.3) is 0 Å². The summed E-state index contributed by atoms with van der Waals surface area (Å²) in [5.41, 5.74) is 1.18. The van der Waals surface area contributed by atoms with Gasteiger partial charge in [0.1, 0.15) is 11.9 Å². The molecule has 0 bridgehead atoms. The number of pyridine rings is 1. The summed E-state index contributed by atoms with van der Waals surface area (Å²) in [4.78, 5) is 18.7. The Labute approximate surface area is 150 Å². The number of likely N-dealkylation sites (tertiary alicyclic amines) is 1. The number of aryl methyl sites for hydroxylation is 1. The van der Waals surface area contributed by atoms with Crippen molar-refractivity contribution in [2.45, 2.75) is 51.2 Å². The molecule has 2 fully saturated rings. The van der Waals surface area contributed by atoms with Crippen LogP contribution < -0.4 is 10.6 Å². The molecule has 2 saturated heterocycles. The first kappa shape index (κ1) is 18.1. The molecule has 3 rings (SSSR count). The van der Waals surface area contributed by atoms with E-state index < -0.39 is 0 Å². The average molecular weight is 346 g/mol. The van der Waals surface area contributed by atoms with Crippen LogP contribution in [0.2, 0.25) is 0 Å². The molecule has 0 aromatic carbocycles. The second-order valence-electron chi connectivity index (χ2n) is 7.06. The fourth-order valence-electron chi connectivity index (χ4n) is 3.46. The van der Waals surface area contributed by atoms with E-state index in [1.807, 2.05) is 24.1 Å². The van der Waals surface area contributed by atoms with Crippen LogP contribution in [-0.4, -0.2) is 60.7 Å². The van der Waals surface area contributed by atoms with E-state index in [1.165, 1.54) is 5.56 Å². The van der Waals surface area contributed by atoms with Crippen LogP contribution in [0, 0.1) is 6.92 Å². The molecular formula is C19H30N4O2. The van der Waals surface area contributed by atoms with Crippen molar-refractivity contribution in [3.63, 3.8) is 0 Å². The average Bonchev–Trinajstić information content (AvgIpc) is 3.18. The van der Waals surface area contributed by atoms with E-state index in [9.17, 15) is 4.79 Å². The first-order valence-corrected chi connectivity index (χ1v) is 9.52. The molecule has 1 atom stereocenters. The number of aromatic nitrogens is 1. The number of hydrogen-bond donors (Lipinski definition) is 2. The molecule has 6 nitrogen and oxygen atoms in total. The predicted molar refractivity (Wildman–Crippen MR) is 98.7 cm³/mol. The summed E-state index contributed by atoms with van der Waals surface area (Å²) in [5, 5.41) is 6.96. The van der Waals surface area contributed by atoms with Gasteiger partial charge in [-0.1, -0.05) is 6.07 Å². The lowest BCUT2D eigenvalue weighted by Crippen LogP contribution is -2.48. The van der Waals surface area contributed by atoms with Gasteiger partial charge in [-0.05, 0) is 57.2 Å². The van der Waals surface area contributed by atoms with Gasteiger partial charge in [0.25, 0.3) is 5.91 Å². The first-order valence-electron chi connectivity index (χ1n) is 9.52. The highest BCUT2D eigenvalue weighted by atomic mass is 16.5. The third-order valence-electron chi connectivity index (χ3n) is 5.02. The number of carbonyl (C=O) groups excluding carboxylic acids is 1. The topological polar surface area (TPSA) is 66.5 Å². The van der Waals surface area contributed by atoms with Crippen LogP contribution in [0.15, 0.2) is 18.3 Å². The van der Waals surface area contributed by atoms with Gasteiger partial charge >= 0.3 is 0 Å². The second-order valence-corrected chi connectivity index (χ2v) is 7.06. The lowest BCUT2D eigenvalue weighted by molar-refractivity contribution is -0.142. The van der Waals surface area contributed by atoms with Gasteiger partial charge in [-0.15, -0.1) is 0 Å². The first-order chi connectivity index (χ1) is 12.2. The molecular weight excluding hydrogens is 316 g/mol. The van der Waals surface area contributed by atoms with Crippen molar-refractivity contribution in [3.8, 4) is 0 Å². The van der Waals surface area contributed by atoms with Gasteiger partial charge in [-0.25, -0.2) is 4.98 Å². The summed E-state index contributed by atoms with van der Waals surface area (Å²) in [6, 6.07) is 4.61. The molecule has 3 heterocycles. The highest BCUT2D eigenvalue weighted by Crippen LogP contribution is 2.18. The van der Waals surface area contributed by atoms with E-state index in [-0.39, 0.29) is 12.0 Å². The molecule has 0 spiro atoms. The zero-order valence-corrected chi connectivity index (χ0v) is 15.2. The number of ether oxygens (including phenoxy) is 1. The third-order valence-corrected chi connectivity index (χ3v) is 5.02. The molecule has 0 radical (unpaired) electrons. The van der Waals surface area contributed by atoms with E-state index in [4.69, 9.17) is 4.74 Å². The molecule has 1 unspecified atom stereocenters. The minimum Gasteiger partial charge on any atom is -0.370 e. The van der Waals surface area contributed by atoms with Gasteiger partial charge < -0.3 is 20.3 Å². The van der Waals surface area contributed by atoms with Crippen LogP contribution in [0.4, 0.5) is 5.82 Å². The maximum atomic E-state index is 12.3. The standard InChI is InChI=1S/C19H30N4O2/c1-15-5-6-18(22-14-15)21-10-3-9-20-16-7-11-23(12-8-16)19(24)17-4-2-13-25-17/h5-6,14,16-17,20H,2-4,7-13H2,1H3,(H,21,22). The Morgan fingerprint density at radius 1 is 1.28 bits per heavy atom. The summed E-state index contributed by atoms with van der Waals surface area (Å²) in [6.07, 6.45) is 6.74. The van der Waals surface area contributed by atoms with Crippen molar-refractivity contribution in [1.82, 2.24) is 15.2 Å². The molecule has 2 N–H and O–H groups in total. The van der Waals surface area contributed by atoms with Gasteiger partial charge in [0.15, 0.2) is 0 Å². The molecule has 1 aromatic heterocycles. The fraction of sp³-hybridized carbons (Fsp3) is 0.684. The molecule has 2 aliphatic rings. The number of nitrogens with zero attached hydrogens (tertiary/aromatic N) is 2. The van der Waals surface area contributed by atoms with Crippen LogP contribution >= 0.6 is 0 Å². The number of carbonyl (C=O) groups is 1. The van der Waals surface area contributed by atoms with Crippen LogP contribution in [-0.2, 0) is 9.53 Å². The van der Waals surface area contributed by atoms with Crippen molar-refractivity contribution >= 4 is 11.7 Å². The summed E-state index contributed by atoms with van der Waals surface area (Å²) in [7, 11) is 0. The maximum Gasteiger partial charge on any atom is 0.251 e. The van der Waals surface area contributed by atoms with E-state index in [2.05, 4.69) is 21.7 Å². The molecule has 2 aliphatic heterocycles. The Kier molecular flexibility index (Phi) is 6.64. The van der Waals surface area contributed by atoms with E-state index in [0.29, 0.717) is 6.04 Å². The molecule has 1 aromatic rings. The third kappa shape index (κ3) is 5.41. The van der Waals surface area contributed by atoms with Crippen molar-refractivity contribution in [2.75, 3.05) is 38.1 Å². The Morgan fingerprint density at radius 2 is 2.12 bits per heavy atom. The second kappa shape index (κ2) is 9.15. The fourth-order valence-corrected chi connectivity index (χ4v) is 3.46. The zero-order valence-electron chi connectivity index (χ0n) is 15.2. The lowest BCUT2D eigenvalue weighted by atomic mass is 10.0. The molecule has 0 saturated carbocycles. The van der Waals surface area contributed by atoms with Crippen LogP contribution in [0.5, 0.6) is 0 Å². The molecule has 0 aliphatic carbocycles. The highest BCUT2D eigenvalue weighted by Gasteiger charge is 2.30. The quantitative estimate of drug-likeness (QED) is 0.739. The summed E-state index contributed by atoms with van der Waals surface area (Å²) < 4.78 is 5.51. The Hall–Kier alpha value is -1.66. The van der Waals surface area contributed by atoms with Gasteiger partial charge in [0.2, 0.25) is 0 Å². The van der Waals surface area contributed by atoms with Crippen molar-refractivity contribution in [3.05, 3.63) is 23.9 Å². The van der Waals surface area contributed by atoms with E-state index >= 15 is 0 Å². The number of rotatable bonds is 7. The monoisotopic (exact) mass is 346 g/mol. The number of nitrogens with one attached hydrogen (secondary N) is 2. The van der Waals surface area contributed by atoms with Gasteiger partial charge in [0, 0.05) is 38.5 Å². The Balaban J connectivity index is 1.26. The number of amides is 1. The normalized spacial score (nSPS) is 21.5. The number of anilines is 1. The smallest absolute Gasteiger partial charge is 0.251 e. The minimum absolute atomic E-state index is 0.175. The highest BCUT2D eigenvalue weighted by molar-refractivity contribution is 5.81. The Bertz CT molecular complexity index is 535. The van der Waals surface area contributed by atoms with Crippen LogP contribution in [0.1, 0.15) is 37.7 Å². The Morgan fingerprint density at radius 3 is 2.80 bits per heavy atom. The summed E-state index contributed by atoms with van der Waals surface area (Å²) >= 11 is 0. The predicted octanol–water partition coefficient (Wildman–Crippen LogP) is 1.95. The lowest BCUT2D eigenvalue weighted by Gasteiger charge is -2.33. The van der Waals surface area contributed by atoms with Crippen LogP contribution in [0.3, 0.4) is 0 Å². The molecule has 6 heteroatoms. The molecule has 25 heavy (non-hydrogen) atoms.